The van der Waals surface area contributed by atoms with Crippen LogP contribution >= 0.6 is 38.5 Å². The van der Waals surface area contributed by atoms with Crippen LogP contribution in [0.15, 0.2) is 79.2 Å². The van der Waals surface area contributed by atoms with Crippen molar-refractivity contribution < 1.29 is 23.5 Å². The molecular weight excluding hydrogens is 617 g/mol. The fourth-order valence-corrected chi connectivity index (χ4v) is 5.32. The van der Waals surface area contributed by atoms with Crippen molar-refractivity contribution in [2.75, 3.05) is 0 Å². The minimum Gasteiger partial charge on any atom is -0.475 e. The monoisotopic (exact) mass is 631 g/mol. The standard InChI is InChI=1S/C24H15BrIN3O5/c25-15-7-13-8-21(34-22(13)18(26)9-15)23(30)28-27-10-14-11-29(19-4-2-1-3-17(14)19)12-16-5-6-20(33-16)24(31)32/h1-11H,12H2,(H,28,30)(H,31,32)/b27-10-. The molecule has 0 radical (unpaired) electrons. The van der Waals surface area contributed by atoms with Crippen molar-refractivity contribution in [3.8, 4) is 0 Å². The van der Waals surface area contributed by atoms with Crippen molar-refractivity contribution in [2.45, 2.75) is 6.54 Å². The largest absolute Gasteiger partial charge is 0.475 e. The highest BCUT2D eigenvalue weighted by Gasteiger charge is 2.15. The quantitative estimate of drug-likeness (QED) is 0.139. The minimum absolute atomic E-state index is 0.108. The Morgan fingerprint density at radius 2 is 1.94 bits per heavy atom. The zero-order valence-electron chi connectivity index (χ0n) is 17.3. The van der Waals surface area contributed by atoms with Gasteiger partial charge in [-0.15, -0.1) is 0 Å². The van der Waals surface area contributed by atoms with Crippen molar-refractivity contribution in [2.24, 2.45) is 5.10 Å². The Morgan fingerprint density at radius 1 is 1.12 bits per heavy atom. The molecule has 0 atom stereocenters. The van der Waals surface area contributed by atoms with Gasteiger partial charge in [0.05, 0.1) is 16.3 Å². The molecule has 2 N–H and O–H groups in total. The fraction of sp³-hybridized carbons (Fsp3) is 0.0417. The van der Waals surface area contributed by atoms with Crippen molar-refractivity contribution in [1.82, 2.24) is 9.99 Å². The lowest BCUT2D eigenvalue weighted by Crippen LogP contribution is -2.16. The van der Waals surface area contributed by atoms with Crippen LogP contribution in [-0.4, -0.2) is 27.8 Å². The Bertz CT molecular complexity index is 1600. The molecule has 0 aliphatic rings. The Balaban J connectivity index is 1.37. The molecular formula is C24H15BrIN3O5. The zero-order valence-corrected chi connectivity index (χ0v) is 21.0. The molecule has 0 saturated carbocycles. The van der Waals surface area contributed by atoms with Gasteiger partial charge in [0.15, 0.2) is 5.76 Å². The summed E-state index contributed by atoms with van der Waals surface area (Å²) in [5, 5.41) is 14.9. The van der Waals surface area contributed by atoms with E-state index in [0.717, 1.165) is 29.9 Å². The van der Waals surface area contributed by atoms with E-state index in [2.05, 4.69) is 49.0 Å². The third-order valence-corrected chi connectivity index (χ3v) is 6.41. The number of aromatic nitrogens is 1. The molecule has 3 heterocycles. The number of carbonyl (C=O) groups is 2. The number of halogens is 2. The first kappa shape index (κ1) is 22.4. The van der Waals surface area contributed by atoms with Gasteiger partial charge in [-0.3, -0.25) is 4.79 Å². The van der Waals surface area contributed by atoms with E-state index >= 15 is 0 Å². The van der Waals surface area contributed by atoms with Crippen LogP contribution in [0, 0.1) is 3.57 Å². The maximum absolute atomic E-state index is 12.6. The number of benzene rings is 2. The van der Waals surface area contributed by atoms with E-state index in [1.54, 1.807) is 18.3 Å². The van der Waals surface area contributed by atoms with Gasteiger partial charge in [0.25, 0.3) is 0 Å². The van der Waals surface area contributed by atoms with E-state index in [-0.39, 0.29) is 11.5 Å². The summed E-state index contributed by atoms with van der Waals surface area (Å²) in [6.45, 7) is 0.348. The lowest BCUT2D eigenvalue weighted by molar-refractivity contribution is 0.0660. The lowest BCUT2D eigenvalue weighted by Gasteiger charge is -2.02. The van der Waals surface area contributed by atoms with Gasteiger partial charge in [0.2, 0.25) is 5.76 Å². The molecule has 3 aromatic heterocycles. The number of furan rings is 2. The zero-order chi connectivity index (χ0) is 23.8. The normalized spacial score (nSPS) is 11.6. The summed E-state index contributed by atoms with van der Waals surface area (Å²) in [7, 11) is 0. The number of hydrazone groups is 1. The molecule has 10 heteroatoms. The predicted molar refractivity (Wildman–Crippen MR) is 138 cm³/mol. The molecule has 0 unspecified atom stereocenters. The number of fused-ring (bicyclic) bond motifs is 2. The summed E-state index contributed by atoms with van der Waals surface area (Å²) in [5.41, 5.74) is 4.85. The van der Waals surface area contributed by atoms with Crippen molar-refractivity contribution >= 4 is 78.5 Å². The van der Waals surface area contributed by atoms with E-state index in [4.69, 9.17) is 13.9 Å². The molecule has 0 bridgehead atoms. The molecule has 34 heavy (non-hydrogen) atoms. The Morgan fingerprint density at radius 3 is 2.74 bits per heavy atom. The van der Waals surface area contributed by atoms with Gasteiger partial charge in [-0.25, -0.2) is 10.2 Å². The van der Waals surface area contributed by atoms with Gasteiger partial charge in [-0.2, -0.15) is 5.10 Å². The number of hydrogen-bond acceptors (Lipinski definition) is 5. The summed E-state index contributed by atoms with van der Waals surface area (Å²) in [6.07, 6.45) is 3.43. The lowest BCUT2D eigenvalue weighted by atomic mass is 10.2. The number of carboxylic acids is 1. The smallest absolute Gasteiger partial charge is 0.371 e. The van der Waals surface area contributed by atoms with Crippen LogP contribution in [0.25, 0.3) is 21.9 Å². The molecule has 8 nitrogen and oxygen atoms in total. The van der Waals surface area contributed by atoms with Gasteiger partial charge in [0, 0.05) is 32.5 Å². The third kappa shape index (κ3) is 4.38. The molecule has 0 spiro atoms. The molecule has 0 fully saturated rings. The second-order valence-corrected chi connectivity index (χ2v) is 9.49. The molecule has 5 aromatic rings. The van der Waals surface area contributed by atoms with Gasteiger partial charge in [0.1, 0.15) is 11.3 Å². The van der Waals surface area contributed by atoms with Crippen LogP contribution in [0.4, 0.5) is 0 Å². The SMILES string of the molecule is O=C(O)c1ccc(Cn2cc(/C=N\NC(=O)c3cc4cc(Br)cc(I)c4o3)c3ccccc32)o1. The topological polar surface area (TPSA) is 110 Å². The third-order valence-electron chi connectivity index (χ3n) is 5.15. The first-order chi connectivity index (χ1) is 16.4. The van der Waals surface area contributed by atoms with Crippen LogP contribution in [-0.2, 0) is 6.54 Å². The van der Waals surface area contributed by atoms with E-state index in [0.29, 0.717) is 17.9 Å². The second-order valence-electron chi connectivity index (χ2n) is 7.42. The van der Waals surface area contributed by atoms with Crippen LogP contribution in [0.1, 0.15) is 32.4 Å². The van der Waals surface area contributed by atoms with Gasteiger partial charge in [-0.1, -0.05) is 34.1 Å². The summed E-state index contributed by atoms with van der Waals surface area (Å²) in [5.74, 6) is -0.999. The molecule has 2 aromatic carbocycles. The van der Waals surface area contributed by atoms with Gasteiger partial charge >= 0.3 is 11.9 Å². The summed E-state index contributed by atoms with van der Waals surface area (Å²) < 4.78 is 14.8. The van der Waals surface area contributed by atoms with Crippen molar-refractivity contribution in [3.05, 3.63) is 91.7 Å². The fourth-order valence-electron chi connectivity index (χ4n) is 3.66. The van der Waals surface area contributed by atoms with Crippen LogP contribution in [0.3, 0.4) is 0 Å². The highest BCUT2D eigenvalue weighted by molar-refractivity contribution is 14.1. The average molecular weight is 632 g/mol. The number of nitrogens with one attached hydrogen (secondary N) is 1. The Kier molecular flexibility index (Phi) is 6.00. The number of nitrogens with zero attached hydrogens (tertiary/aromatic N) is 2. The van der Waals surface area contributed by atoms with Crippen LogP contribution < -0.4 is 5.43 Å². The molecule has 1 amide bonds. The molecule has 0 saturated heterocycles. The highest BCUT2D eigenvalue weighted by atomic mass is 127. The number of rotatable bonds is 6. The van der Waals surface area contributed by atoms with E-state index in [9.17, 15) is 9.59 Å². The maximum Gasteiger partial charge on any atom is 0.371 e. The molecule has 0 aliphatic heterocycles. The first-order valence-corrected chi connectivity index (χ1v) is 11.9. The highest BCUT2D eigenvalue weighted by Crippen LogP contribution is 2.28. The number of para-hydroxylation sites is 1. The van der Waals surface area contributed by atoms with Crippen molar-refractivity contribution in [3.63, 3.8) is 0 Å². The van der Waals surface area contributed by atoms with Crippen molar-refractivity contribution in [1.29, 1.82) is 0 Å². The Labute approximate surface area is 214 Å². The van der Waals surface area contributed by atoms with Crippen LogP contribution in [0.5, 0.6) is 0 Å². The number of aromatic carboxylic acids is 1. The van der Waals surface area contributed by atoms with E-state index < -0.39 is 11.9 Å². The maximum atomic E-state index is 12.6. The summed E-state index contributed by atoms with van der Waals surface area (Å²) >= 11 is 5.60. The second kappa shape index (κ2) is 9.11. The Hall–Kier alpha value is -3.38. The number of carboxylic acid groups (broad SMARTS) is 1. The molecule has 0 aliphatic carbocycles. The minimum atomic E-state index is -1.11. The van der Waals surface area contributed by atoms with Gasteiger partial charge in [-0.05, 0) is 59.0 Å². The summed E-state index contributed by atoms with van der Waals surface area (Å²) in [4.78, 5) is 23.6. The van der Waals surface area contributed by atoms with E-state index in [1.165, 1.54) is 6.07 Å². The van der Waals surface area contributed by atoms with Gasteiger partial charge < -0.3 is 18.5 Å². The molecule has 170 valence electrons. The number of carbonyl (C=O) groups excluding carboxylic acids is 1. The average Bonchev–Trinajstić information content (AvgIpc) is 3.52. The van der Waals surface area contributed by atoms with E-state index in [1.807, 2.05) is 47.2 Å². The first-order valence-electron chi connectivity index (χ1n) is 10.0. The summed E-state index contributed by atoms with van der Waals surface area (Å²) in [6, 6.07) is 16.2. The number of amides is 1. The molecule has 5 rings (SSSR count). The number of hydrogen-bond donors (Lipinski definition) is 2. The van der Waals surface area contributed by atoms with Crippen LogP contribution in [0.2, 0.25) is 0 Å². The predicted octanol–water partition coefficient (Wildman–Crippen LogP) is 5.86.